The molecular formula is C27H35N3O2S2. The van der Waals surface area contributed by atoms with Crippen LogP contribution in [0.1, 0.15) is 38.3 Å². The Balaban J connectivity index is 1.49. The Morgan fingerprint density at radius 3 is 2.59 bits per heavy atom. The van der Waals surface area contributed by atoms with E-state index in [1.807, 2.05) is 16.7 Å². The van der Waals surface area contributed by atoms with E-state index in [1.54, 1.807) is 11.3 Å². The van der Waals surface area contributed by atoms with Crippen LogP contribution in [-0.2, 0) is 22.4 Å². The average molecular weight is 498 g/mol. The van der Waals surface area contributed by atoms with E-state index < -0.39 is 0 Å². The molecule has 2 aromatic carbocycles. The molecule has 0 unspecified atom stereocenters. The summed E-state index contributed by atoms with van der Waals surface area (Å²) in [5.74, 6) is 0.112. The Morgan fingerprint density at radius 2 is 1.88 bits per heavy atom. The van der Waals surface area contributed by atoms with Crippen LogP contribution in [-0.4, -0.2) is 60.4 Å². The molecule has 0 saturated carbocycles. The molecule has 4 rings (SSSR count). The number of carbonyl (C=O) groups is 1. The quantitative estimate of drug-likeness (QED) is 0.338. The fourth-order valence-corrected chi connectivity index (χ4v) is 6.03. The number of rotatable bonds is 10. The SMILES string of the molecule is CCc1ccc2nc(N(CCCN3CCOCC3)C(=O)Cc3ccc(SC(C)C)cc3)sc2c1. The number of benzene rings is 2. The summed E-state index contributed by atoms with van der Waals surface area (Å²) in [4.78, 5) is 23.9. The van der Waals surface area contributed by atoms with Crippen LogP contribution in [0.25, 0.3) is 10.2 Å². The molecule has 1 saturated heterocycles. The lowest BCUT2D eigenvalue weighted by molar-refractivity contribution is -0.118. The molecule has 1 amide bonds. The normalized spacial score (nSPS) is 14.7. The lowest BCUT2D eigenvalue weighted by atomic mass is 10.1. The second-order valence-electron chi connectivity index (χ2n) is 8.99. The van der Waals surface area contributed by atoms with E-state index in [-0.39, 0.29) is 5.91 Å². The van der Waals surface area contributed by atoms with Gasteiger partial charge in [-0.25, -0.2) is 4.98 Å². The van der Waals surface area contributed by atoms with E-state index in [1.165, 1.54) is 10.5 Å². The Kier molecular flexibility index (Phi) is 9.00. The minimum Gasteiger partial charge on any atom is -0.379 e. The number of thioether (sulfide) groups is 1. The van der Waals surface area contributed by atoms with Gasteiger partial charge in [-0.15, -0.1) is 11.8 Å². The molecule has 2 heterocycles. The lowest BCUT2D eigenvalue weighted by Crippen LogP contribution is -2.39. The molecule has 1 fully saturated rings. The fourth-order valence-electron chi connectivity index (χ4n) is 4.12. The summed E-state index contributed by atoms with van der Waals surface area (Å²) in [6.45, 7) is 11.7. The van der Waals surface area contributed by atoms with Gasteiger partial charge in [0.15, 0.2) is 5.13 Å². The van der Waals surface area contributed by atoms with Gasteiger partial charge >= 0.3 is 0 Å². The van der Waals surface area contributed by atoms with E-state index in [4.69, 9.17) is 9.72 Å². The van der Waals surface area contributed by atoms with Crippen molar-refractivity contribution in [1.82, 2.24) is 9.88 Å². The minimum absolute atomic E-state index is 0.112. The van der Waals surface area contributed by atoms with Gasteiger partial charge in [0.05, 0.1) is 29.9 Å². The first-order valence-corrected chi connectivity index (χ1v) is 14.0. The zero-order valence-corrected chi connectivity index (χ0v) is 22.1. The van der Waals surface area contributed by atoms with Crippen molar-refractivity contribution in [3.63, 3.8) is 0 Å². The van der Waals surface area contributed by atoms with Crippen molar-refractivity contribution >= 4 is 44.4 Å². The van der Waals surface area contributed by atoms with Crippen molar-refractivity contribution in [3.05, 3.63) is 53.6 Å². The van der Waals surface area contributed by atoms with Crippen LogP contribution in [0.2, 0.25) is 0 Å². The molecule has 3 aromatic rings. The smallest absolute Gasteiger partial charge is 0.233 e. The molecule has 0 spiro atoms. The van der Waals surface area contributed by atoms with Gasteiger partial charge in [0, 0.05) is 36.3 Å². The summed E-state index contributed by atoms with van der Waals surface area (Å²) >= 11 is 3.47. The third-order valence-corrected chi connectivity index (χ3v) is 8.05. The summed E-state index contributed by atoms with van der Waals surface area (Å²) in [6, 6.07) is 14.8. The first kappa shape index (κ1) is 25.2. The van der Waals surface area contributed by atoms with Crippen LogP contribution < -0.4 is 4.90 Å². The fraction of sp³-hybridized carbons (Fsp3) is 0.481. The molecule has 7 heteroatoms. The Labute approximate surface area is 211 Å². The van der Waals surface area contributed by atoms with Crippen LogP contribution in [0, 0.1) is 0 Å². The average Bonchev–Trinajstić information content (AvgIpc) is 3.26. The summed E-state index contributed by atoms with van der Waals surface area (Å²) < 4.78 is 6.62. The highest BCUT2D eigenvalue weighted by molar-refractivity contribution is 7.99. The molecule has 0 radical (unpaired) electrons. The monoisotopic (exact) mass is 497 g/mol. The Hall–Kier alpha value is -1.93. The van der Waals surface area contributed by atoms with E-state index in [0.29, 0.717) is 18.2 Å². The highest BCUT2D eigenvalue weighted by Gasteiger charge is 2.21. The van der Waals surface area contributed by atoms with Crippen LogP contribution >= 0.6 is 23.1 Å². The maximum absolute atomic E-state index is 13.5. The minimum atomic E-state index is 0.112. The third-order valence-electron chi connectivity index (χ3n) is 5.99. The molecule has 0 N–H and O–H groups in total. The maximum atomic E-state index is 13.5. The van der Waals surface area contributed by atoms with E-state index in [9.17, 15) is 4.79 Å². The number of morpholine rings is 1. The Morgan fingerprint density at radius 1 is 1.15 bits per heavy atom. The molecule has 1 aromatic heterocycles. The number of thiazole rings is 1. The summed E-state index contributed by atoms with van der Waals surface area (Å²) in [7, 11) is 0. The predicted octanol–water partition coefficient (Wildman–Crippen LogP) is 5.66. The predicted molar refractivity (Wildman–Crippen MR) is 144 cm³/mol. The van der Waals surface area contributed by atoms with Gasteiger partial charge in [-0.1, -0.05) is 50.3 Å². The molecule has 0 bridgehead atoms. The third kappa shape index (κ3) is 6.81. The Bertz CT molecular complexity index is 1080. The summed E-state index contributed by atoms with van der Waals surface area (Å²) in [6.07, 6.45) is 2.31. The number of nitrogens with zero attached hydrogens (tertiary/aromatic N) is 3. The molecular weight excluding hydrogens is 462 g/mol. The number of hydrogen-bond acceptors (Lipinski definition) is 6. The molecule has 1 aliphatic rings. The topological polar surface area (TPSA) is 45.7 Å². The second kappa shape index (κ2) is 12.2. The molecule has 5 nitrogen and oxygen atoms in total. The van der Waals surface area contributed by atoms with Crippen LogP contribution in [0.5, 0.6) is 0 Å². The van der Waals surface area contributed by atoms with Gasteiger partial charge in [-0.2, -0.15) is 0 Å². The number of ether oxygens (including phenoxy) is 1. The van der Waals surface area contributed by atoms with Crippen molar-refractivity contribution in [2.45, 2.75) is 50.2 Å². The van der Waals surface area contributed by atoms with Crippen LogP contribution in [0.15, 0.2) is 47.4 Å². The van der Waals surface area contributed by atoms with Gasteiger partial charge in [-0.3, -0.25) is 14.6 Å². The van der Waals surface area contributed by atoms with Crippen molar-refractivity contribution in [2.75, 3.05) is 44.3 Å². The van der Waals surface area contributed by atoms with Crippen LogP contribution in [0.4, 0.5) is 5.13 Å². The number of fused-ring (bicyclic) bond motifs is 1. The number of carbonyl (C=O) groups excluding carboxylic acids is 1. The standard InChI is InChI=1S/C27H35N3O2S2/c1-4-21-8-11-24-25(18-21)34-27(28-24)30(13-5-12-29-14-16-32-17-15-29)26(31)19-22-6-9-23(10-7-22)33-20(2)3/h6-11,18,20H,4-5,12-17,19H2,1-3H3. The number of hydrogen-bond donors (Lipinski definition) is 0. The van der Waals surface area contributed by atoms with Gasteiger partial charge in [0.25, 0.3) is 0 Å². The van der Waals surface area contributed by atoms with Gasteiger partial charge in [0.1, 0.15) is 0 Å². The van der Waals surface area contributed by atoms with Gasteiger partial charge in [-0.05, 0) is 48.2 Å². The lowest BCUT2D eigenvalue weighted by Gasteiger charge is -2.27. The van der Waals surface area contributed by atoms with Crippen molar-refractivity contribution < 1.29 is 9.53 Å². The molecule has 182 valence electrons. The number of aromatic nitrogens is 1. The maximum Gasteiger partial charge on any atom is 0.233 e. The zero-order chi connectivity index (χ0) is 23.9. The van der Waals surface area contributed by atoms with E-state index in [0.717, 1.165) is 66.6 Å². The highest BCUT2D eigenvalue weighted by atomic mass is 32.2. The summed E-state index contributed by atoms with van der Waals surface area (Å²) in [5.41, 5.74) is 3.32. The number of aryl methyl sites for hydroxylation is 1. The molecule has 34 heavy (non-hydrogen) atoms. The number of amides is 1. The van der Waals surface area contributed by atoms with Gasteiger partial charge < -0.3 is 4.74 Å². The van der Waals surface area contributed by atoms with Crippen molar-refractivity contribution in [2.24, 2.45) is 0 Å². The highest BCUT2D eigenvalue weighted by Crippen LogP contribution is 2.31. The van der Waals surface area contributed by atoms with Crippen molar-refractivity contribution in [3.8, 4) is 0 Å². The first-order valence-electron chi connectivity index (χ1n) is 12.3. The van der Waals surface area contributed by atoms with E-state index >= 15 is 0 Å². The molecule has 0 aliphatic carbocycles. The largest absolute Gasteiger partial charge is 0.379 e. The van der Waals surface area contributed by atoms with E-state index in [2.05, 4.69) is 68.1 Å². The molecule has 0 atom stereocenters. The molecule has 1 aliphatic heterocycles. The summed E-state index contributed by atoms with van der Waals surface area (Å²) in [5, 5.41) is 1.35. The second-order valence-corrected chi connectivity index (χ2v) is 11.7. The van der Waals surface area contributed by atoms with Crippen LogP contribution in [0.3, 0.4) is 0 Å². The zero-order valence-electron chi connectivity index (χ0n) is 20.5. The number of anilines is 1. The van der Waals surface area contributed by atoms with Gasteiger partial charge in [0.2, 0.25) is 5.91 Å². The van der Waals surface area contributed by atoms with Crippen molar-refractivity contribution in [1.29, 1.82) is 0 Å². The first-order chi connectivity index (χ1) is 16.5.